The first-order chi connectivity index (χ1) is 10.9. The molecule has 1 amide bonds. The lowest BCUT2D eigenvalue weighted by atomic mass is 10.0. The summed E-state index contributed by atoms with van der Waals surface area (Å²) in [5.74, 6) is 0.145. The summed E-state index contributed by atoms with van der Waals surface area (Å²) in [6.45, 7) is 3.35. The SMILES string of the molecule is Cc1c(C(=O)NC[C@@](C)(O)c2ccco2)oc2c(Cl)cccc12. The van der Waals surface area contributed by atoms with Crippen LogP contribution in [0.4, 0.5) is 0 Å². The summed E-state index contributed by atoms with van der Waals surface area (Å²) in [4.78, 5) is 12.4. The Hall–Kier alpha value is -2.24. The fourth-order valence-electron chi connectivity index (χ4n) is 2.43. The molecule has 0 saturated carbocycles. The molecule has 0 aliphatic carbocycles. The third-order valence-electron chi connectivity index (χ3n) is 3.77. The van der Waals surface area contributed by atoms with Gasteiger partial charge in [-0.15, -0.1) is 0 Å². The van der Waals surface area contributed by atoms with Gasteiger partial charge in [-0.2, -0.15) is 0 Å². The summed E-state index contributed by atoms with van der Waals surface area (Å²) in [5, 5.41) is 14.3. The third kappa shape index (κ3) is 2.85. The Morgan fingerprint density at radius 3 is 2.78 bits per heavy atom. The van der Waals surface area contributed by atoms with Crippen molar-refractivity contribution in [3.05, 3.63) is 58.7 Å². The van der Waals surface area contributed by atoms with Crippen molar-refractivity contribution in [2.45, 2.75) is 19.4 Å². The van der Waals surface area contributed by atoms with Crippen LogP contribution in [0.15, 0.2) is 45.4 Å². The Morgan fingerprint density at radius 1 is 1.35 bits per heavy atom. The van der Waals surface area contributed by atoms with Crippen LogP contribution >= 0.6 is 11.6 Å². The minimum absolute atomic E-state index is 0.0104. The quantitative estimate of drug-likeness (QED) is 0.764. The Bertz CT molecular complexity index is 849. The molecule has 0 unspecified atom stereocenters. The van der Waals surface area contributed by atoms with Crippen LogP contribution in [0.5, 0.6) is 0 Å². The van der Waals surface area contributed by atoms with E-state index in [1.54, 1.807) is 38.1 Å². The number of nitrogens with one attached hydrogen (secondary N) is 1. The summed E-state index contributed by atoms with van der Waals surface area (Å²) < 4.78 is 10.8. The molecule has 0 saturated heterocycles. The van der Waals surface area contributed by atoms with Gasteiger partial charge in [0.1, 0.15) is 11.4 Å². The molecule has 0 bridgehead atoms. The second kappa shape index (κ2) is 5.76. The number of aliphatic hydroxyl groups is 1. The fourth-order valence-corrected chi connectivity index (χ4v) is 2.64. The lowest BCUT2D eigenvalue weighted by Gasteiger charge is -2.20. The minimum Gasteiger partial charge on any atom is -0.466 e. The highest BCUT2D eigenvalue weighted by Gasteiger charge is 2.28. The van der Waals surface area contributed by atoms with Gasteiger partial charge >= 0.3 is 0 Å². The number of carbonyl (C=O) groups is 1. The molecule has 3 aromatic rings. The maximum Gasteiger partial charge on any atom is 0.287 e. The van der Waals surface area contributed by atoms with Gasteiger partial charge < -0.3 is 19.3 Å². The number of amides is 1. The molecule has 120 valence electrons. The number of aryl methyl sites for hydroxylation is 1. The molecule has 6 heteroatoms. The van der Waals surface area contributed by atoms with Crippen LogP contribution in [0.3, 0.4) is 0 Å². The highest BCUT2D eigenvalue weighted by atomic mass is 35.5. The van der Waals surface area contributed by atoms with Gasteiger partial charge in [0.25, 0.3) is 5.91 Å². The molecule has 3 rings (SSSR count). The van der Waals surface area contributed by atoms with E-state index in [0.717, 1.165) is 5.39 Å². The zero-order valence-corrected chi connectivity index (χ0v) is 13.5. The van der Waals surface area contributed by atoms with E-state index in [0.29, 0.717) is 21.9 Å². The Morgan fingerprint density at radius 2 is 2.13 bits per heavy atom. The van der Waals surface area contributed by atoms with Crippen LogP contribution in [-0.4, -0.2) is 17.6 Å². The highest BCUT2D eigenvalue weighted by molar-refractivity contribution is 6.35. The van der Waals surface area contributed by atoms with Crippen molar-refractivity contribution >= 4 is 28.5 Å². The van der Waals surface area contributed by atoms with E-state index < -0.39 is 11.5 Å². The Balaban J connectivity index is 1.82. The number of para-hydroxylation sites is 1. The molecule has 2 heterocycles. The van der Waals surface area contributed by atoms with Gasteiger partial charge in [0.15, 0.2) is 11.3 Å². The van der Waals surface area contributed by atoms with Gasteiger partial charge in [-0.3, -0.25) is 4.79 Å². The minimum atomic E-state index is -1.31. The molecule has 0 spiro atoms. The largest absolute Gasteiger partial charge is 0.466 e. The standard InChI is InChI=1S/C17H16ClNO4/c1-10-11-5-3-6-12(18)15(11)23-14(10)16(20)19-9-17(2,21)13-7-4-8-22-13/h3-8,21H,9H2,1-2H3,(H,19,20)/t17-/m1/s1. The van der Waals surface area contributed by atoms with E-state index >= 15 is 0 Å². The molecule has 0 radical (unpaired) electrons. The summed E-state index contributed by atoms with van der Waals surface area (Å²) in [6, 6.07) is 8.68. The zero-order chi connectivity index (χ0) is 16.6. The molecular weight excluding hydrogens is 318 g/mol. The Labute approximate surface area is 137 Å². The predicted octanol–water partition coefficient (Wildman–Crippen LogP) is 3.63. The van der Waals surface area contributed by atoms with Gasteiger partial charge in [0.2, 0.25) is 0 Å². The van der Waals surface area contributed by atoms with Crippen molar-refractivity contribution in [1.82, 2.24) is 5.32 Å². The second-order valence-corrected chi connectivity index (χ2v) is 6.01. The smallest absolute Gasteiger partial charge is 0.287 e. The van der Waals surface area contributed by atoms with Crippen molar-refractivity contribution in [2.24, 2.45) is 0 Å². The monoisotopic (exact) mass is 333 g/mol. The predicted molar refractivity (Wildman–Crippen MR) is 86.6 cm³/mol. The van der Waals surface area contributed by atoms with Crippen LogP contribution in [-0.2, 0) is 5.60 Å². The van der Waals surface area contributed by atoms with E-state index in [9.17, 15) is 9.90 Å². The first kappa shape index (κ1) is 15.6. The number of halogens is 1. The molecular formula is C17H16ClNO4. The van der Waals surface area contributed by atoms with Crippen molar-refractivity contribution in [1.29, 1.82) is 0 Å². The Kier molecular flexibility index (Phi) is 3.92. The van der Waals surface area contributed by atoms with E-state index in [2.05, 4.69) is 5.32 Å². The maximum absolute atomic E-state index is 12.4. The first-order valence-corrected chi connectivity index (χ1v) is 7.50. The number of rotatable bonds is 4. The van der Waals surface area contributed by atoms with Crippen LogP contribution in [0.2, 0.25) is 5.02 Å². The van der Waals surface area contributed by atoms with Gasteiger partial charge in [-0.25, -0.2) is 0 Å². The number of benzene rings is 1. The van der Waals surface area contributed by atoms with Crippen molar-refractivity contribution < 1.29 is 18.7 Å². The van der Waals surface area contributed by atoms with E-state index in [4.69, 9.17) is 20.4 Å². The van der Waals surface area contributed by atoms with Crippen molar-refractivity contribution in [3.63, 3.8) is 0 Å². The van der Waals surface area contributed by atoms with Gasteiger partial charge in [0, 0.05) is 10.9 Å². The maximum atomic E-state index is 12.4. The number of furan rings is 2. The van der Waals surface area contributed by atoms with E-state index in [1.165, 1.54) is 6.26 Å². The van der Waals surface area contributed by atoms with Crippen LogP contribution in [0, 0.1) is 6.92 Å². The molecule has 0 fully saturated rings. The fraction of sp³-hybridized carbons (Fsp3) is 0.235. The molecule has 5 nitrogen and oxygen atoms in total. The van der Waals surface area contributed by atoms with Crippen molar-refractivity contribution in [2.75, 3.05) is 6.54 Å². The molecule has 0 aliphatic heterocycles. The van der Waals surface area contributed by atoms with E-state index in [1.807, 2.05) is 6.07 Å². The normalized spacial score (nSPS) is 13.9. The average molecular weight is 334 g/mol. The highest BCUT2D eigenvalue weighted by Crippen LogP contribution is 2.30. The number of carbonyl (C=O) groups excluding carboxylic acids is 1. The summed E-state index contributed by atoms with van der Waals surface area (Å²) in [7, 11) is 0. The summed E-state index contributed by atoms with van der Waals surface area (Å²) >= 11 is 6.09. The molecule has 2 N–H and O–H groups in total. The zero-order valence-electron chi connectivity index (χ0n) is 12.7. The van der Waals surface area contributed by atoms with Crippen LogP contribution in [0.1, 0.15) is 28.8 Å². The number of hydrogen-bond donors (Lipinski definition) is 2. The first-order valence-electron chi connectivity index (χ1n) is 7.12. The summed E-state index contributed by atoms with van der Waals surface area (Å²) in [5.41, 5.74) is -0.122. The third-order valence-corrected chi connectivity index (χ3v) is 4.06. The lowest BCUT2D eigenvalue weighted by molar-refractivity contribution is 0.0326. The van der Waals surface area contributed by atoms with Gasteiger partial charge in [0.05, 0.1) is 17.8 Å². The number of fused-ring (bicyclic) bond motifs is 1. The van der Waals surface area contributed by atoms with Crippen LogP contribution in [0.25, 0.3) is 11.0 Å². The van der Waals surface area contributed by atoms with Gasteiger partial charge in [-0.1, -0.05) is 23.7 Å². The molecule has 1 aromatic carbocycles. The summed E-state index contributed by atoms with van der Waals surface area (Å²) in [6.07, 6.45) is 1.47. The number of hydrogen-bond acceptors (Lipinski definition) is 4. The van der Waals surface area contributed by atoms with Crippen molar-refractivity contribution in [3.8, 4) is 0 Å². The van der Waals surface area contributed by atoms with E-state index in [-0.39, 0.29) is 12.3 Å². The average Bonchev–Trinajstić information content (AvgIpc) is 3.15. The molecule has 0 aliphatic rings. The molecule has 1 atom stereocenters. The molecule has 23 heavy (non-hydrogen) atoms. The van der Waals surface area contributed by atoms with Crippen LogP contribution < -0.4 is 5.32 Å². The molecule has 2 aromatic heterocycles. The topological polar surface area (TPSA) is 75.6 Å². The van der Waals surface area contributed by atoms with Gasteiger partial charge in [-0.05, 0) is 32.0 Å². The lowest BCUT2D eigenvalue weighted by Crippen LogP contribution is -2.38. The second-order valence-electron chi connectivity index (χ2n) is 5.61.